The molecule has 2 heterocycles. The average Bonchev–Trinajstić information content (AvgIpc) is 2.75. The van der Waals surface area contributed by atoms with Crippen molar-refractivity contribution in [3.63, 3.8) is 0 Å². The van der Waals surface area contributed by atoms with Gasteiger partial charge in [-0.3, -0.25) is 14.8 Å². The summed E-state index contributed by atoms with van der Waals surface area (Å²) in [7, 11) is 0. The van der Waals surface area contributed by atoms with Crippen LogP contribution in [-0.4, -0.2) is 45.2 Å². The van der Waals surface area contributed by atoms with Gasteiger partial charge < -0.3 is 14.6 Å². The Labute approximate surface area is 129 Å². The van der Waals surface area contributed by atoms with Crippen molar-refractivity contribution in [3.8, 4) is 5.88 Å². The van der Waals surface area contributed by atoms with Gasteiger partial charge in [0.2, 0.25) is 0 Å². The van der Waals surface area contributed by atoms with Crippen LogP contribution in [0.15, 0.2) is 0 Å². The molecule has 0 spiro atoms. The van der Waals surface area contributed by atoms with E-state index < -0.39 is 4.92 Å². The van der Waals surface area contributed by atoms with Crippen molar-refractivity contribution in [2.24, 2.45) is 0 Å². The van der Waals surface area contributed by atoms with Gasteiger partial charge >= 0.3 is 11.6 Å². The zero-order chi connectivity index (χ0) is 16.3. The highest BCUT2D eigenvalue weighted by Gasteiger charge is 2.33. The minimum Gasteiger partial charge on any atom is -0.472 e. The highest BCUT2D eigenvalue weighted by Crippen LogP contribution is 2.36. The summed E-state index contributed by atoms with van der Waals surface area (Å²) in [4.78, 5) is 10.8. The van der Waals surface area contributed by atoms with Crippen LogP contribution in [0.3, 0.4) is 0 Å². The van der Waals surface area contributed by atoms with E-state index in [2.05, 4.69) is 5.10 Å². The standard InChI is InChI=1S/C14H23N3O5/c1-9-7-12(8-10(2)22-9)16-11(3)13(17(19)20)14(15-16)21-6-4-5-18/h9-10,12,18H,4-8H2,1-3H3. The number of hydrogen-bond donors (Lipinski definition) is 1. The van der Waals surface area contributed by atoms with Crippen LogP contribution in [0, 0.1) is 17.0 Å². The molecular formula is C14H23N3O5. The number of aliphatic hydroxyl groups excluding tert-OH is 1. The minimum atomic E-state index is -0.459. The molecule has 124 valence electrons. The summed E-state index contributed by atoms with van der Waals surface area (Å²) in [6.45, 7) is 5.86. The fourth-order valence-corrected chi connectivity index (χ4v) is 2.95. The Hall–Kier alpha value is -1.67. The predicted molar refractivity (Wildman–Crippen MR) is 79.1 cm³/mol. The third kappa shape index (κ3) is 3.56. The predicted octanol–water partition coefficient (Wildman–Crippen LogP) is 1.99. The van der Waals surface area contributed by atoms with Crippen LogP contribution < -0.4 is 4.74 Å². The molecule has 1 aromatic rings. The monoisotopic (exact) mass is 313 g/mol. The first-order chi connectivity index (χ1) is 10.4. The van der Waals surface area contributed by atoms with Gasteiger partial charge in [0.25, 0.3) is 0 Å². The van der Waals surface area contributed by atoms with Gasteiger partial charge in [-0.1, -0.05) is 0 Å². The minimum absolute atomic E-state index is 0.0253. The number of aromatic nitrogens is 2. The molecule has 1 fully saturated rings. The van der Waals surface area contributed by atoms with Gasteiger partial charge in [0.1, 0.15) is 5.69 Å². The smallest absolute Gasteiger partial charge is 0.352 e. The summed E-state index contributed by atoms with van der Waals surface area (Å²) in [6, 6.07) is 0.0626. The topological polar surface area (TPSA) is 99.7 Å². The Bertz CT molecular complexity index is 521. The van der Waals surface area contributed by atoms with Crippen molar-refractivity contribution in [3.05, 3.63) is 15.8 Å². The molecule has 0 radical (unpaired) electrons. The van der Waals surface area contributed by atoms with Crippen molar-refractivity contribution < 1.29 is 19.5 Å². The maximum atomic E-state index is 11.3. The summed E-state index contributed by atoms with van der Waals surface area (Å²) in [6.07, 6.45) is 2.12. The fourth-order valence-electron chi connectivity index (χ4n) is 2.95. The van der Waals surface area contributed by atoms with Gasteiger partial charge in [-0.2, -0.15) is 0 Å². The molecule has 22 heavy (non-hydrogen) atoms. The molecule has 0 amide bonds. The number of rotatable bonds is 6. The first-order valence-corrected chi connectivity index (χ1v) is 7.56. The van der Waals surface area contributed by atoms with Crippen LogP contribution in [0.2, 0.25) is 0 Å². The first kappa shape index (κ1) is 16.7. The molecule has 0 aromatic carbocycles. The van der Waals surface area contributed by atoms with Crippen molar-refractivity contribution >= 4 is 5.69 Å². The number of aliphatic hydroxyl groups is 1. The lowest BCUT2D eigenvalue weighted by molar-refractivity contribution is -0.386. The zero-order valence-corrected chi connectivity index (χ0v) is 13.2. The average molecular weight is 313 g/mol. The third-order valence-corrected chi connectivity index (χ3v) is 3.83. The Morgan fingerprint density at radius 3 is 2.64 bits per heavy atom. The summed E-state index contributed by atoms with van der Waals surface area (Å²) in [5, 5.41) is 24.4. The van der Waals surface area contributed by atoms with E-state index in [-0.39, 0.29) is 43.0 Å². The quantitative estimate of drug-likeness (QED) is 0.490. The van der Waals surface area contributed by atoms with E-state index in [1.807, 2.05) is 13.8 Å². The molecule has 1 aliphatic heterocycles. The van der Waals surface area contributed by atoms with E-state index >= 15 is 0 Å². The van der Waals surface area contributed by atoms with Gasteiger partial charge in [-0.15, -0.1) is 5.10 Å². The molecule has 1 N–H and O–H groups in total. The Morgan fingerprint density at radius 2 is 2.09 bits per heavy atom. The molecular weight excluding hydrogens is 290 g/mol. The van der Waals surface area contributed by atoms with Gasteiger partial charge in [-0.05, 0) is 33.6 Å². The molecule has 2 rings (SSSR count). The molecule has 0 bridgehead atoms. The van der Waals surface area contributed by atoms with E-state index in [9.17, 15) is 10.1 Å². The van der Waals surface area contributed by atoms with Crippen LogP contribution in [0.5, 0.6) is 5.88 Å². The lowest BCUT2D eigenvalue weighted by atomic mass is 10.00. The second-order valence-corrected chi connectivity index (χ2v) is 5.75. The lowest BCUT2D eigenvalue weighted by Gasteiger charge is -2.32. The van der Waals surface area contributed by atoms with Crippen molar-refractivity contribution in [2.45, 2.75) is 58.3 Å². The molecule has 1 aliphatic rings. The van der Waals surface area contributed by atoms with Crippen LogP contribution in [0.4, 0.5) is 5.69 Å². The molecule has 0 saturated carbocycles. The maximum absolute atomic E-state index is 11.3. The second kappa shape index (κ2) is 7.06. The Balaban J connectivity index is 2.27. The molecule has 0 aliphatic carbocycles. The van der Waals surface area contributed by atoms with E-state index in [1.165, 1.54) is 0 Å². The number of nitro groups is 1. The number of nitrogens with zero attached hydrogens (tertiary/aromatic N) is 3. The van der Waals surface area contributed by atoms with Crippen molar-refractivity contribution in [1.29, 1.82) is 0 Å². The molecule has 8 heteroatoms. The second-order valence-electron chi connectivity index (χ2n) is 5.75. The van der Waals surface area contributed by atoms with E-state index in [0.717, 1.165) is 12.8 Å². The van der Waals surface area contributed by atoms with Crippen LogP contribution in [0.1, 0.15) is 44.8 Å². The summed E-state index contributed by atoms with van der Waals surface area (Å²) in [5.74, 6) is 0.0303. The third-order valence-electron chi connectivity index (χ3n) is 3.83. The highest BCUT2D eigenvalue weighted by atomic mass is 16.6. The van der Waals surface area contributed by atoms with E-state index in [0.29, 0.717) is 12.1 Å². The van der Waals surface area contributed by atoms with Crippen LogP contribution in [-0.2, 0) is 4.74 Å². The Morgan fingerprint density at radius 1 is 1.45 bits per heavy atom. The van der Waals surface area contributed by atoms with Crippen LogP contribution >= 0.6 is 0 Å². The lowest BCUT2D eigenvalue weighted by Crippen LogP contribution is -2.31. The normalized spacial score (nSPS) is 25.2. The summed E-state index contributed by atoms with van der Waals surface area (Å²) < 4.78 is 12.8. The van der Waals surface area contributed by atoms with E-state index in [1.54, 1.807) is 11.6 Å². The first-order valence-electron chi connectivity index (χ1n) is 7.56. The molecule has 1 saturated heterocycles. The van der Waals surface area contributed by atoms with Gasteiger partial charge in [0, 0.05) is 13.0 Å². The molecule has 8 nitrogen and oxygen atoms in total. The maximum Gasteiger partial charge on any atom is 0.352 e. The number of ether oxygens (including phenoxy) is 2. The zero-order valence-electron chi connectivity index (χ0n) is 13.2. The molecule has 1 aromatic heterocycles. The largest absolute Gasteiger partial charge is 0.472 e. The molecule has 2 atom stereocenters. The van der Waals surface area contributed by atoms with Crippen LogP contribution in [0.25, 0.3) is 0 Å². The van der Waals surface area contributed by atoms with E-state index in [4.69, 9.17) is 14.6 Å². The van der Waals surface area contributed by atoms with Crippen molar-refractivity contribution in [1.82, 2.24) is 9.78 Å². The fraction of sp³-hybridized carbons (Fsp3) is 0.786. The number of hydrogen-bond acceptors (Lipinski definition) is 6. The van der Waals surface area contributed by atoms with Gasteiger partial charge in [0.15, 0.2) is 0 Å². The van der Waals surface area contributed by atoms with Crippen molar-refractivity contribution in [2.75, 3.05) is 13.2 Å². The molecule has 2 unspecified atom stereocenters. The van der Waals surface area contributed by atoms with Gasteiger partial charge in [0.05, 0.1) is 29.8 Å². The summed E-state index contributed by atoms with van der Waals surface area (Å²) in [5.41, 5.74) is 0.403. The SMILES string of the molecule is Cc1c([N+](=O)[O-])c(OCCCO)nn1C1CC(C)OC(C)C1. The highest BCUT2D eigenvalue weighted by molar-refractivity contribution is 5.45. The summed E-state index contributed by atoms with van der Waals surface area (Å²) >= 11 is 0. The van der Waals surface area contributed by atoms with Gasteiger partial charge in [-0.25, -0.2) is 0 Å². The Kier molecular flexibility index (Phi) is 5.36.